The molecule has 4 nitrogen and oxygen atoms in total. The van der Waals surface area contributed by atoms with Crippen LogP contribution in [0.1, 0.15) is 29.7 Å². The molecular weight excluding hydrogens is 294 g/mol. The Morgan fingerprint density at radius 3 is 3.10 bits per heavy atom. The van der Waals surface area contributed by atoms with Crippen LogP contribution in [0.2, 0.25) is 0 Å². The molecule has 20 heavy (non-hydrogen) atoms. The fraction of sp³-hybridized carbons (Fsp3) is 0.571. The molecule has 0 saturated carbocycles. The van der Waals surface area contributed by atoms with Gasteiger partial charge in [0.2, 0.25) is 0 Å². The van der Waals surface area contributed by atoms with Crippen LogP contribution >= 0.6 is 23.7 Å². The highest BCUT2D eigenvalue weighted by molar-refractivity contribution is 7.19. The molecule has 0 spiro atoms. The van der Waals surface area contributed by atoms with Crippen LogP contribution in [-0.2, 0) is 17.6 Å². The number of nitrogens with one attached hydrogen (secondary N) is 1. The van der Waals surface area contributed by atoms with Crippen molar-refractivity contribution in [3.63, 3.8) is 0 Å². The van der Waals surface area contributed by atoms with Crippen LogP contribution in [0.4, 0.5) is 5.82 Å². The van der Waals surface area contributed by atoms with E-state index in [-0.39, 0.29) is 12.4 Å². The molecule has 2 aliphatic rings. The third-order valence-electron chi connectivity index (χ3n) is 4.02. The molecular formula is C14H18ClN3OS. The average Bonchev–Trinajstić information content (AvgIpc) is 3.12. The van der Waals surface area contributed by atoms with Gasteiger partial charge in [-0.15, -0.1) is 23.7 Å². The Hall–Kier alpha value is -0.910. The first-order valence-corrected chi connectivity index (χ1v) is 7.84. The van der Waals surface area contributed by atoms with Gasteiger partial charge in [-0.3, -0.25) is 0 Å². The Morgan fingerprint density at radius 2 is 2.25 bits per heavy atom. The van der Waals surface area contributed by atoms with E-state index in [0.717, 1.165) is 30.2 Å². The predicted molar refractivity (Wildman–Crippen MR) is 84.2 cm³/mol. The Balaban J connectivity index is 0.00000121. The van der Waals surface area contributed by atoms with E-state index in [1.807, 2.05) is 11.3 Å². The maximum absolute atomic E-state index is 5.66. The van der Waals surface area contributed by atoms with Gasteiger partial charge in [0.15, 0.2) is 0 Å². The van der Waals surface area contributed by atoms with Gasteiger partial charge in [0.25, 0.3) is 0 Å². The number of nitrogens with zero attached hydrogens (tertiary/aromatic N) is 2. The third-order valence-corrected chi connectivity index (χ3v) is 5.22. The highest BCUT2D eigenvalue weighted by Gasteiger charge is 2.22. The van der Waals surface area contributed by atoms with Crippen molar-refractivity contribution in [2.24, 2.45) is 0 Å². The summed E-state index contributed by atoms with van der Waals surface area (Å²) in [5, 5.41) is 4.74. The van der Waals surface area contributed by atoms with Crippen LogP contribution in [0.15, 0.2) is 6.33 Å². The number of rotatable bonds is 3. The van der Waals surface area contributed by atoms with E-state index in [2.05, 4.69) is 15.3 Å². The first kappa shape index (κ1) is 14.0. The molecule has 108 valence electrons. The number of ether oxygens (including phenoxy) is 1. The van der Waals surface area contributed by atoms with Gasteiger partial charge in [0.05, 0.1) is 11.5 Å². The van der Waals surface area contributed by atoms with E-state index in [9.17, 15) is 0 Å². The topological polar surface area (TPSA) is 47.0 Å². The first-order chi connectivity index (χ1) is 9.42. The highest BCUT2D eigenvalue weighted by atomic mass is 35.5. The second kappa shape index (κ2) is 5.84. The number of aromatic nitrogens is 2. The molecule has 2 aromatic rings. The lowest BCUT2D eigenvalue weighted by Gasteiger charge is -2.12. The van der Waals surface area contributed by atoms with E-state index in [4.69, 9.17) is 4.74 Å². The van der Waals surface area contributed by atoms with Crippen LogP contribution in [0.5, 0.6) is 0 Å². The number of fused-ring (bicyclic) bond motifs is 3. The summed E-state index contributed by atoms with van der Waals surface area (Å²) in [5.74, 6) is 1.000. The monoisotopic (exact) mass is 311 g/mol. The second-order valence-electron chi connectivity index (χ2n) is 5.28. The predicted octanol–water partition coefficient (Wildman–Crippen LogP) is 3.19. The van der Waals surface area contributed by atoms with Gasteiger partial charge in [-0.2, -0.15) is 0 Å². The molecule has 1 saturated heterocycles. The minimum atomic E-state index is 0. The minimum absolute atomic E-state index is 0. The zero-order valence-electron chi connectivity index (χ0n) is 11.2. The molecule has 1 aliphatic heterocycles. The Morgan fingerprint density at radius 1 is 1.30 bits per heavy atom. The lowest BCUT2D eigenvalue weighted by molar-refractivity contribution is 0.120. The molecule has 2 aromatic heterocycles. The standard InChI is InChI=1S/C14H17N3OS.ClH/c1-4-10-11(5-1)19-14-12(10)13(16-8-17-14)15-7-9-3-2-6-18-9;/h8-9H,1-7H2,(H,15,16,17);1H. The van der Waals surface area contributed by atoms with Gasteiger partial charge in [0.1, 0.15) is 17.0 Å². The highest BCUT2D eigenvalue weighted by Crippen LogP contribution is 2.39. The van der Waals surface area contributed by atoms with E-state index in [1.165, 1.54) is 41.5 Å². The number of anilines is 1. The quantitative estimate of drug-likeness (QED) is 0.945. The van der Waals surface area contributed by atoms with Crippen molar-refractivity contribution in [2.45, 2.75) is 38.2 Å². The van der Waals surface area contributed by atoms with Crippen LogP contribution in [0.25, 0.3) is 10.2 Å². The zero-order chi connectivity index (χ0) is 12.7. The summed E-state index contributed by atoms with van der Waals surface area (Å²) < 4.78 is 5.66. The molecule has 1 N–H and O–H groups in total. The summed E-state index contributed by atoms with van der Waals surface area (Å²) >= 11 is 1.84. The second-order valence-corrected chi connectivity index (χ2v) is 6.36. The summed E-state index contributed by atoms with van der Waals surface area (Å²) in [6.45, 7) is 1.76. The van der Waals surface area contributed by atoms with Gasteiger partial charge in [-0.05, 0) is 37.7 Å². The largest absolute Gasteiger partial charge is 0.376 e. The Kier molecular flexibility index (Phi) is 4.10. The van der Waals surface area contributed by atoms with Crippen molar-refractivity contribution >= 4 is 39.8 Å². The van der Waals surface area contributed by atoms with Gasteiger partial charge >= 0.3 is 0 Å². The SMILES string of the molecule is Cl.c1nc(NCC2CCCO2)c2c3c(sc2n1)CCC3. The van der Waals surface area contributed by atoms with Crippen molar-refractivity contribution in [2.75, 3.05) is 18.5 Å². The molecule has 4 rings (SSSR count). The summed E-state index contributed by atoms with van der Waals surface area (Å²) in [5.41, 5.74) is 1.48. The molecule has 0 amide bonds. The lowest BCUT2D eigenvalue weighted by Crippen LogP contribution is -2.19. The van der Waals surface area contributed by atoms with Crippen LogP contribution in [0, 0.1) is 0 Å². The van der Waals surface area contributed by atoms with Crippen LogP contribution < -0.4 is 5.32 Å². The van der Waals surface area contributed by atoms with Crippen molar-refractivity contribution in [1.29, 1.82) is 0 Å². The minimum Gasteiger partial charge on any atom is -0.376 e. The van der Waals surface area contributed by atoms with Crippen LogP contribution in [-0.4, -0.2) is 29.2 Å². The number of aryl methyl sites for hydroxylation is 2. The molecule has 1 fully saturated rings. The van der Waals surface area contributed by atoms with E-state index >= 15 is 0 Å². The lowest BCUT2D eigenvalue weighted by atomic mass is 10.2. The maximum atomic E-state index is 5.66. The smallest absolute Gasteiger partial charge is 0.138 e. The van der Waals surface area contributed by atoms with Crippen molar-refractivity contribution in [3.8, 4) is 0 Å². The van der Waals surface area contributed by atoms with Gasteiger partial charge in [-0.25, -0.2) is 9.97 Å². The Bertz CT molecular complexity index is 610. The first-order valence-electron chi connectivity index (χ1n) is 7.02. The van der Waals surface area contributed by atoms with Gasteiger partial charge in [-0.1, -0.05) is 0 Å². The van der Waals surface area contributed by atoms with Gasteiger partial charge in [0, 0.05) is 18.0 Å². The molecule has 1 atom stereocenters. The molecule has 0 bridgehead atoms. The Labute approximate surface area is 128 Å². The molecule has 1 unspecified atom stereocenters. The average molecular weight is 312 g/mol. The maximum Gasteiger partial charge on any atom is 0.138 e. The summed E-state index contributed by atoms with van der Waals surface area (Å²) in [6, 6.07) is 0. The summed E-state index contributed by atoms with van der Waals surface area (Å²) in [6.07, 6.45) is 8.02. The fourth-order valence-electron chi connectivity index (χ4n) is 3.08. The van der Waals surface area contributed by atoms with Crippen molar-refractivity contribution in [1.82, 2.24) is 9.97 Å². The number of hydrogen-bond donors (Lipinski definition) is 1. The van der Waals surface area contributed by atoms with Gasteiger partial charge < -0.3 is 10.1 Å². The van der Waals surface area contributed by atoms with E-state index in [1.54, 1.807) is 6.33 Å². The zero-order valence-corrected chi connectivity index (χ0v) is 12.9. The molecule has 3 heterocycles. The van der Waals surface area contributed by atoms with Crippen molar-refractivity contribution < 1.29 is 4.74 Å². The number of halogens is 1. The normalized spacial score (nSPS) is 20.9. The van der Waals surface area contributed by atoms with Crippen molar-refractivity contribution in [3.05, 3.63) is 16.8 Å². The number of hydrogen-bond acceptors (Lipinski definition) is 5. The number of thiophene rings is 1. The molecule has 1 aliphatic carbocycles. The fourth-order valence-corrected chi connectivity index (χ4v) is 4.31. The molecule has 0 aromatic carbocycles. The van der Waals surface area contributed by atoms with Crippen LogP contribution in [0.3, 0.4) is 0 Å². The van der Waals surface area contributed by atoms with E-state index < -0.39 is 0 Å². The third kappa shape index (κ3) is 2.38. The molecule has 6 heteroatoms. The molecule has 0 radical (unpaired) electrons. The van der Waals surface area contributed by atoms with E-state index in [0.29, 0.717) is 6.10 Å². The summed E-state index contributed by atoms with van der Waals surface area (Å²) in [7, 11) is 0. The summed E-state index contributed by atoms with van der Waals surface area (Å²) in [4.78, 5) is 11.5.